The fraction of sp³-hybridized carbons (Fsp3) is 0.917. The normalized spacial score (nSPS) is 24.6. The van der Waals surface area contributed by atoms with Gasteiger partial charge in [0.25, 0.3) is 0 Å². The van der Waals surface area contributed by atoms with Gasteiger partial charge in [0, 0.05) is 34.3 Å². The lowest BCUT2D eigenvalue weighted by atomic mass is 10.1. The molecule has 17 heavy (non-hydrogen) atoms. The molecule has 1 aliphatic heterocycles. The zero-order chi connectivity index (χ0) is 13.1. The van der Waals surface area contributed by atoms with E-state index in [1.165, 1.54) is 0 Å². The Hall–Kier alpha value is -0.650. The average Bonchev–Trinajstić information content (AvgIpc) is 2.15. The first kappa shape index (κ1) is 14.4. The van der Waals surface area contributed by atoms with E-state index in [0.29, 0.717) is 13.2 Å². The summed E-state index contributed by atoms with van der Waals surface area (Å²) in [5.41, 5.74) is -0.228. The van der Waals surface area contributed by atoms with Gasteiger partial charge in [0.2, 0.25) is 5.91 Å². The number of hydrogen-bond donors (Lipinski definition) is 0. The van der Waals surface area contributed by atoms with Gasteiger partial charge in [-0.1, -0.05) is 0 Å². The number of methoxy groups -OCH3 is 1. The van der Waals surface area contributed by atoms with Crippen molar-refractivity contribution in [3.63, 3.8) is 0 Å². The topological polar surface area (TPSA) is 42.0 Å². The third-order valence-corrected chi connectivity index (χ3v) is 2.76. The first-order valence-corrected chi connectivity index (χ1v) is 5.93. The standard InChI is InChI=1S/C12H24N2O3/c1-12(2)9-14(7-11(15)13(3)4)6-10(17-12)8-16-5/h10H,6-9H2,1-5H3/t10-/m1/s1. The van der Waals surface area contributed by atoms with Crippen molar-refractivity contribution < 1.29 is 14.3 Å². The molecule has 0 aromatic heterocycles. The van der Waals surface area contributed by atoms with Crippen molar-refractivity contribution in [2.45, 2.75) is 25.6 Å². The molecule has 1 aliphatic rings. The van der Waals surface area contributed by atoms with Crippen LogP contribution in [0.25, 0.3) is 0 Å². The summed E-state index contributed by atoms with van der Waals surface area (Å²) in [7, 11) is 5.22. The van der Waals surface area contributed by atoms with Gasteiger partial charge in [0.1, 0.15) is 0 Å². The number of likely N-dealkylation sites (N-methyl/N-ethyl adjacent to an activating group) is 1. The molecule has 1 atom stereocenters. The van der Waals surface area contributed by atoms with Crippen molar-refractivity contribution in [1.29, 1.82) is 0 Å². The van der Waals surface area contributed by atoms with Crippen LogP contribution in [-0.4, -0.2) is 74.9 Å². The van der Waals surface area contributed by atoms with E-state index in [1.807, 2.05) is 13.8 Å². The van der Waals surface area contributed by atoms with Crippen LogP contribution in [0.5, 0.6) is 0 Å². The molecule has 1 rings (SSSR count). The summed E-state index contributed by atoms with van der Waals surface area (Å²) < 4.78 is 11.0. The van der Waals surface area contributed by atoms with E-state index in [0.717, 1.165) is 13.1 Å². The third-order valence-electron chi connectivity index (χ3n) is 2.76. The summed E-state index contributed by atoms with van der Waals surface area (Å²) in [6.07, 6.45) is 0.0405. The molecule has 5 heteroatoms. The van der Waals surface area contributed by atoms with E-state index in [9.17, 15) is 4.79 Å². The molecule has 5 nitrogen and oxygen atoms in total. The highest BCUT2D eigenvalue weighted by atomic mass is 16.5. The summed E-state index contributed by atoms with van der Waals surface area (Å²) in [4.78, 5) is 15.5. The smallest absolute Gasteiger partial charge is 0.236 e. The fourth-order valence-corrected chi connectivity index (χ4v) is 2.14. The Morgan fingerprint density at radius 1 is 1.53 bits per heavy atom. The van der Waals surface area contributed by atoms with Gasteiger partial charge < -0.3 is 14.4 Å². The molecule has 0 spiro atoms. The first-order valence-electron chi connectivity index (χ1n) is 5.93. The van der Waals surface area contributed by atoms with Crippen molar-refractivity contribution in [3.05, 3.63) is 0 Å². The molecular formula is C12H24N2O3. The van der Waals surface area contributed by atoms with Gasteiger partial charge in [0.05, 0.1) is 24.9 Å². The summed E-state index contributed by atoms with van der Waals surface area (Å²) in [5.74, 6) is 0.124. The number of morpholine rings is 1. The highest BCUT2D eigenvalue weighted by molar-refractivity contribution is 5.77. The number of ether oxygens (including phenoxy) is 2. The number of hydrogen-bond acceptors (Lipinski definition) is 4. The minimum atomic E-state index is -0.228. The van der Waals surface area contributed by atoms with Crippen LogP contribution in [0, 0.1) is 0 Å². The lowest BCUT2D eigenvalue weighted by Gasteiger charge is -2.42. The predicted molar refractivity (Wildman–Crippen MR) is 66.0 cm³/mol. The van der Waals surface area contributed by atoms with E-state index >= 15 is 0 Å². The van der Waals surface area contributed by atoms with Crippen molar-refractivity contribution >= 4 is 5.91 Å². The molecule has 1 heterocycles. The van der Waals surface area contributed by atoms with Gasteiger partial charge in [-0.3, -0.25) is 9.69 Å². The van der Waals surface area contributed by atoms with E-state index in [4.69, 9.17) is 9.47 Å². The van der Waals surface area contributed by atoms with E-state index in [1.54, 1.807) is 26.1 Å². The Morgan fingerprint density at radius 3 is 2.71 bits per heavy atom. The Labute approximate surface area is 104 Å². The molecule has 1 amide bonds. The Morgan fingerprint density at radius 2 is 2.18 bits per heavy atom. The monoisotopic (exact) mass is 244 g/mol. The maximum absolute atomic E-state index is 11.7. The van der Waals surface area contributed by atoms with Gasteiger partial charge in [-0.2, -0.15) is 0 Å². The SMILES string of the molecule is COC[C@H]1CN(CC(=O)N(C)C)CC(C)(C)O1. The van der Waals surface area contributed by atoms with Gasteiger partial charge in [-0.15, -0.1) is 0 Å². The zero-order valence-electron chi connectivity index (χ0n) is 11.5. The van der Waals surface area contributed by atoms with Crippen LogP contribution < -0.4 is 0 Å². The summed E-state index contributed by atoms with van der Waals surface area (Å²) in [5, 5.41) is 0. The van der Waals surface area contributed by atoms with E-state index < -0.39 is 0 Å². The molecule has 0 radical (unpaired) electrons. The second-order valence-electron chi connectivity index (χ2n) is 5.41. The summed E-state index contributed by atoms with van der Waals surface area (Å²) in [6, 6.07) is 0. The molecule has 0 aliphatic carbocycles. The van der Waals surface area contributed by atoms with Gasteiger partial charge in [0.15, 0.2) is 0 Å². The lowest BCUT2D eigenvalue weighted by Crippen LogP contribution is -2.55. The molecule has 1 fully saturated rings. The third kappa shape index (κ3) is 4.61. The average molecular weight is 244 g/mol. The number of carbonyl (C=O) groups excluding carboxylic acids is 1. The second-order valence-corrected chi connectivity index (χ2v) is 5.41. The molecule has 0 aromatic carbocycles. The molecule has 0 bridgehead atoms. The van der Waals surface area contributed by atoms with Gasteiger partial charge >= 0.3 is 0 Å². The first-order chi connectivity index (χ1) is 7.84. The fourth-order valence-electron chi connectivity index (χ4n) is 2.14. The van der Waals surface area contributed by atoms with Crippen LogP contribution in [0.4, 0.5) is 0 Å². The predicted octanol–water partition coefficient (Wildman–Crippen LogP) is 0.200. The number of amides is 1. The van der Waals surface area contributed by atoms with Gasteiger partial charge in [-0.25, -0.2) is 0 Å². The molecule has 0 saturated carbocycles. The Balaban J connectivity index is 2.57. The quantitative estimate of drug-likeness (QED) is 0.708. The Bertz CT molecular complexity index is 266. The van der Waals surface area contributed by atoms with Crippen LogP contribution in [0.1, 0.15) is 13.8 Å². The number of nitrogens with zero attached hydrogens (tertiary/aromatic N) is 2. The molecular weight excluding hydrogens is 220 g/mol. The summed E-state index contributed by atoms with van der Waals surface area (Å²) in [6.45, 7) is 6.61. The molecule has 100 valence electrons. The van der Waals surface area contributed by atoms with Crippen LogP contribution in [0.15, 0.2) is 0 Å². The minimum absolute atomic E-state index is 0.0405. The lowest BCUT2D eigenvalue weighted by molar-refractivity contribution is -0.158. The van der Waals surface area contributed by atoms with Crippen LogP contribution in [0.3, 0.4) is 0 Å². The molecule has 1 saturated heterocycles. The zero-order valence-corrected chi connectivity index (χ0v) is 11.5. The number of rotatable bonds is 4. The van der Waals surface area contributed by atoms with E-state index in [-0.39, 0.29) is 17.6 Å². The Kier molecular flexibility index (Phi) is 4.91. The largest absolute Gasteiger partial charge is 0.382 e. The minimum Gasteiger partial charge on any atom is -0.382 e. The highest BCUT2D eigenvalue weighted by Gasteiger charge is 2.34. The second kappa shape index (κ2) is 5.80. The van der Waals surface area contributed by atoms with Crippen molar-refractivity contribution in [3.8, 4) is 0 Å². The number of carbonyl (C=O) groups is 1. The van der Waals surface area contributed by atoms with Crippen LogP contribution >= 0.6 is 0 Å². The highest BCUT2D eigenvalue weighted by Crippen LogP contribution is 2.21. The van der Waals surface area contributed by atoms with Crippen molar-refractivity contribution in [1.82, 2.24) is 9.80 Å². The molecule has 0 unspecified atom stereocenters. The van der Waals surface area contributed by atoms with Crippen LogP contribution in [-0.2, 0) is 14.3 Å². The van der Waals surface area contributed by atoms with Gasteiger partial charge in [-0.05, 0) is 13.8 Å². The van der Waals surface area contributed by atoms with E-state index in [2.05, 4.69) is 4.90 Å². The maximum Gasteiger partial charge on any atom is 0.236 e. The summed E-state index contributed by atoms with van der Waals surface area (Å²) >= 11 is 0. The van der Waals surface area contributed by atoms with Crippen molar-refractivity contribution in [2.24, 2.45) is 0 Å². The maximum atomic E-state index is 11.7. The van der Waals surface area contributed by atoms with Crippen LogP contribution in [0.2, 0.25) is 0 Å². The molecule has 0 N–H and O–H groups in total. The molecule has 0 aromatic rings. The van der Waals surface area contributed by atoms with Crippen molar-refractivity contribution in [2.75, 3.05) is 47.4 Å².